The number of nitrogens with zero attached hydrogens (tertiary/aromatic N) is 1. The van der Waals surface area contributed by atoms with Gasteiger partial charge in [0.1, 0.15) is 6.04 Å². The minimum Gasteiger partial charge on any atom is -0.454 e. The second kappa shape index (κ2) is 7.73. The molecule has 1 saturated heterocycles. The van der Waals surface area contributed by atoms with Crippen LogP contribution in [0.4, 0.5) is 0 Å². The van der Waals surface area contributed by atoms with Crippen molar-refractivity contribution in [1.82, 2.24) is 10.2 Å². The Bertz CT molecular complexity index is 681. The van der Waals surface area contributed by atoms with Crippen LogP contribution in [0, 0.1) is 29.1 Å². The third-order valence-corrected chi connectivity index (χ3v) is 7.44. The molecular formula is C22H32N2O5. The van der Waals surface area contributed by atoms with Gasteiger partial charge in [0, 0.05) is 18.4 Å². The van der Waals surface area contributed by atoms with Gasteiger partial charge in [0.25, 0.3) is 5.91 Å². The second-order valence-corrected chi connectivity index (χ2v) is 10.0. The normalized spacial score (nSPS) is 33.8. The molecule has 0 aromatic rings. The molecule has 1 atom stereocenters. The summed E-state index contributed by atoms with van der Waals surface area (Å²) in [5, 5.41) is 2.97. The molecular weight excluding hydrogens is 372 g/mol. The summed E-state index contributed by atoms with van der Waals surface area (Å²) < 4.78 is 5.21. The van der Waals surface area contributed by atoms with Gasteiger partial charge in [-0.3, -0.25) is 19.3 Å². The Hall–Kier alpha value is -1.92. The number of rotatable bonds is 6. The van der Waals surface area contributed by atoms with Crippen LogP contribution in [-0.4, -0.2) is 47.8 Å². The fraction of sp³-hybridized carbons (Fsp3) is 0.818. The first-order valence-corrected chi connectivity index (χ1v) is 11.1. The molecule has 7 nitrogen and oxygen atoms in total. The second-order valence-electron chi connectivity index (χ2n) is 10.0. The molecule has 4 saturated carbocycles. The molecule has 5 aliphatic rings. The monoisotopic (exact) mass is 404 g/mol. The van der Waals surface area contributed by atoms with Crippen molar-refractivity contribution in [2.24, 2.45) is 29.1 Å². The summed E-state index contributed by atoms with van der Waals surface area (Å²) in [6.07, 6.45) is 7.54. The highest BCUT2D eigenvalue weighted by molar-refractivity contribution is 5.98. The molecule has 7 heteroatoms. The summed E-state index contributed by atoms with van der Waals surface area (Å²) in [5.74, 6) is 0.457. The lowest BCUT2D eigenvalue weighted by atomic mass is 9.49. The van der Waals surface area contributed by atoms with Crippen molar-refractivity contribution in [2.75, 3.05) is 13.2 Å². The van der Waals surface area contributed by atoms with Crippen LogP contribution >= 0.6 is 0 Å². The van der Waals surface area contributed by atoms with Gasteiger partial charge in [0.15, 0.2) is 6.61 Å². The maximum absolute atomic E-state index is 13.3. The van der Waals surface area contributed by atoms with Crippen LogP contribution in [0.2, 0.25) is 0 Å². The van der Waals surface area contributed by atoms with Crippen LogP contribution in [0.5, 0.6) is 0 Å². The van der Waals surface area contributed by atoms with Crippen molar-refractivity contribution in [3.8, 4) is 0 Å². The average Bonchev–Trinajstić information content (AvgIpc) is 3.08. The van der Waals surface area contributed by atoms with E-state index in [2.05, 4.69) is 5.32 Å². The zero-order valence-corrected chi connectivity index (χ0v) is 17.4. The topological polar surface area (TPSA) is 92.8 Å². The Morgan fingerprint density at radius 3 is 2.17 bits per heavy atom. The summed E-state index contributed by atoms with van der Waals surface area (Å²) >= 11 is 0. The molecule has 0 radical (unpaired) electrons. The number of carbonyl (C=O) groups is 4. The van der Waals surface area contributed by atoms with Gasteiger partial charge in [-0.25, -0.2) is 4.79 Å². The van der Waals surface area contributed by atoms with Crippen LogP contribution in [0.1, 0.15) is 65.2 Å². The summed E-state index contributed by atoms with van der Waals surface area (Å²) in [4.78, 5) is 50.9. The number of imide groups is 1. The molecule has 4 bridgehead atoms. The van der Waals surface area contributed by atoms with Crippen LogP contribution in [-0.2, 0) is 23.9 Å². The third-order valence-electron chi connectivity index (χ3n) is 7.44. The van der Waals surface area contributed by atoms with E-state index in [9.17, 15) is 19.2 Å². The third kappa shape index (κ3) is 3.92. The lowest BCUT2D eigenvalue weighted by Gasteiger charge is -2.55. The molecule has 0 aromatic carbocycles. The van der Waals surface area contributed by atoms with Gasteiger partial charge in [-0.15, -0.1) is 0 Å². The van der Waals surface area contributed by atoms with Crippen molar-refractivity contribution < 1.29 is 23.9 Å². The molecule has 1 aliphatic heterocycles. The summed E-state index contributed by atoms with van der Waals surface area (Å²) in [5.41, 5.74) is -0.333. The van der Waals surface area contributed by atoms with Gasteiger partial charge in [0.2, 0.25) is 11.8 Å². The molecule has 5 fully saturated rings. The maximum atomic E-state index is 13.3. The Kier molecular flexibility index (Phi) is 5.42. The molecule has 3 amide bonds. The number of esters is 1. The summed E-state index contributed by atoms with van der Waals surface area (Å²) in [6, 6.07) is -0.780. The van der Waals surface area contributed by atoms with Crippen molar-refractivity contribution in [3.63, 3.8) is 0 Å². The van der Waals surface area contributed by atoms with Crippen molar-refractivity contribution >= 4 is 23.7 Å². The van der Waals surface area contributed by atoms with E-state index < -0.39 is 24.5 Å². The van der Waals surface area contributed by atoms with E-state index in [-0.39, 0.29) is 23.1 Å². The number of amides is 3. The van der Waals surface area contributed by atoms with Crippen LogP contribution < -0.4 is 5.32 Å². The van der Waals surface area contributed by atoms with Crippen LogP contribution in [0.3, 0.4) is 0 Å². The number of ether oxygens (including phenoxy) is 1. The van der Waals surface area contributed by atoms with Crippen molar-refractivity contribution in [1.29, 1.82) is 0 Å². The van der Waals surface area contributed by atoms with Crippen molar-refractivity contribution in [3.05, 3.63) is 0 Å². The molecule has 5 rings (SSSR count). The zero-order valence-electron chi connectivity index (χ0n) is 17.4. The Balaban J connectivity index is 1.36. The first-order chi connectivity index (χ1) is 13.8. The SMILES string of the molecule is CC(C)[C@H](NC(=O)C12CC3CC(CC(C3)C1)C2)C(=O)OCC(=O)N1CCCC1=O. The van der Waals surface area contributed by atoms with E-state index in [4.69, 9.17) is 4.74 Å². The van der Waals surface area contributed by atoms with Gasteiger partial charge in [-0.05, 0) is 68.6 Å². The first kappa shape index (κ1) is 20.4. The van der Waals surface area contributed by atoms with E-state index in [0.717, 1.165) is 24.2 Å². The number of hydrogen-bond donors (Lipinski definition) is 1. The average molecular weight is 405 g/mol. The first-order valence-electron chi connectivity index (χ1n) is 11.1. The van der Waals surface area contributed by atoms with Crippen molar-refractivity contribution in [2.45, 2.75) is 71.3 Å². The van der Waals surface area contributed by atoms with Crippen LogP contribution in [0.25, 0.3) is 0 Å². The lowest BCUT2D eigenvalue weighted by Crippen LogP contribution is -2.57. The molecule has 0 aromatic heterocycles. The molecule has 160 valence electrons. The lowest BCUT2D eigenvalue weighted by molar-refractivity contribution is -0.159. The molecule has 0 unspecified atom stereocenters. The molecule has 0 spiro atoms. The smallest absolute Gasteiger partial charge is 0.329 e. The van der Waals surface area contributed by atoms with Gasteiger partial charge in [0.05, 0.1) is 0 Å². The van der Waals surface area contributed by atoms with E-state index in [1.165, 1.54) is 19.3 Å². The predicted molar refractivity (Wildman–Crippen MR) is 104 cm³/mol. The number of nitrogens with one attached hydrogen (secondary N) is 1. The van der Waals surface area contributed by atoms with Gasteiger partial charge < -0.3 is 10.1 Å². The van der Waals surface area contributed by atoms with Crippen LogP contribution in [0.15, 0.2) is 0 Å². The summed E-state index contributed by atoms with van der Waals surface area (Å²) in [6.45, 7) is 3.64. The van der Waals surface area contributed by atoms with Gasteiger partial charge in [-0.1, -0.05) is 13.8 Å². The molecule has 29 heavy (non-hydrogen) atoms. The van der Waals surface area contributed by atoms with E-state index >= 15 is 0 Å². The highest BCUT2D eigenvalue weighted by Crippen LogP contribution is 2.60. The fourth-order valence-corrected chi connectivity index (χ4v) is 6.39. The van der Waals surface area contributed by atoms with E-state index in [1.54, 1.807) is 0 Å². The minimum absolute atomic E-state index is 0.0201. The highest BCUT2D eigenvalue weighted by Gasteiger charge is 2.55. The molecule has 4 aliphatic carbocycles. The Labute approximate surface area is 171 Å². The van der Waals surface area contributed by atoms with Gasteiger partial charge >= 0.3 is 5.97 Å². The van der Waals surface area contributed by atoms with Gasteiger partial charge in [-0.2, -0.15) is 0 Å². The highest BCUT2D eigenvalue weighted by atomic mass is 16.5. The molecule has 1 heterocycles. The predicted octanol–water partition coefficient (Wildman–Crippen LogP) is 2.04. The Morgan fingerprint density at radius 2 is 1.69 bits per heavy atom. The number of carbonyl (C=O) groups excluding carboxylic acids is 4. The maximum Gasteiger partial charge on any atom is 0.329 e. The minimum atomic E-state index is -0.780. The standard InChI is InChI=1S/C22H32N2O5/c1-13(2)19(20(27)29-12-18(26)24-5-3-4-17(24)25)23-21(28)22-9-14-6-15(10-22)8-16(7-14)11-22/h13-16,19H,3-12H2,1-2H3,(H,23,28)/t14?,15?,16?,19-,22?/m0/s1. The zero-order chi connectivity index (χ0) is 20.8. The Morgan fingerprint density at radius 1 is 1.10 bits per heavy atom. The van der Waals surface area contributed by atoms with E-state index in [0.29, 0.717) is 37.1 Å². The number of hydrogen-bond acceptors (Lipinski definition) is 5. The van der Waals surface area contributed by atoms with E-state index in [1.807, 2.05) is 13.8 Å². The molecule has 1 N–H and O–H groups in total. The summed E-state index contributed by atoms with van der Waals surface area (Å²) in [7, 11) is 0. The fourth-order valence-electron chi connectivity index (χ4n) is 6.39. The number of likely N-dealkylation sites (tertiary alicyclic amines) is 1. The quantitative estimate of drug-likeness (QED) is 0.684. The largest absolute Gasteiger partial charge is 0.454 e.